The van der Waals surface area contributed by atoms with E-state index in [1.165, 1.54) is 5.56 Å². The molecule has 8 nitrogen and oxygen atoms in total. The fraction of sp³-hybridized carbons (Fsp3) is 0.550. The molecular formula is C20H31IN6O2. The first-order valence-corrected chi connectivity index (χ1v) is 9.83. The lowest BCUT2D eigenvalue weighted by molar-refractivity contribution is 0.177. The van der Waals surface area contributed by atoms with Gasteiger partial charge in [-0.2, -0.15) is 5.10 Å². The number of hydrogen-bond acceptors (Lipinski definition) is 5. The van der Waals surface area contributed by atoms with Crippen LogP contribution in [0.3, 0.4) is 0 Å². The molecule has 1 aliphatic rings. The first-order chi connectivity index (χ1) is 13.7. The van der Waals surface area contributed by atoms with Gasteiger partial charge in [0.1, 0.15) is 24.8 Å². The number of benzene rings is 1. The Hall–Kier alpha value is -1.88. The summed E-state index contributed by atoms with van der Waals surface area (Å²) in [5, 5.41) is 11.3. The standard InChI is InChI=1S/C20H30N6O2.HI/c1-4-21-20(22-10-11-28-17-7-5-6-15(2)12-17)23-16-8-9-19-24-18(14-27-3)25-26(19)13-16;/h5-7,12,16H,4,8-11,13-14H2,1-3H3,(H2,21,22,23);1H. The lowest BCUT2D eigenvalue weighted by Gasteiger charge is -2.25. The zero-order valence-corrected chi connectivity index (χ0v) is 19.7. The van der Waals surface area contributed by atoms with E-state index >= 15 is 0 Å². The van der Waals surface area contributed by atoms with Gasteiger partial charge >= 0.3 is 0 Å². The van der Waals surface area contributed by atoms with Crippen molar-refractivity contribution in [3.8, 4) is 5.75 Å². The molecule has 1 aliphatic heterocycles. The Bertz CT molecular complexity index is 795. The largest absolute Gasteiger partial charge is 0.492 e. The quantitative estimate of drug-likeness (QED) is 0.244. The molecule has 3 rings (SSSR count). The zero-order chi connectivity index (χ0) is 19.8. The minimum Gasteiger partial charge on any atom is -0.492 e. The topological polar surface area (TPSA) is 85.6 Å². The summed E-state index contributed by atoms with van der Waals surface area (Å²) in [6.07, 6.45) is 1.89. The van der Waals surface area contributed by atoms with Crippen LogP contribution in [0.2, 0.25) is 0 Å². The van der Waals surface area contributed by atoms with Gasteiger partial charge in [0, 0.05) is 26.1 Å². The van der Waals surface area contributed by atoms with Crippen LogP contribution in [0.15, 0.2) is 29.3 Å². The normalized spacial score (nSPS) is 16.0. The van der Waals surface area contributed by atoms with Gasteiger partial charge in [-0.1, -0.05) is 12.1 Å². The molecule has 1 aromatic heterocycles. The summed E-state index contributed by atoms with van der Waals surface area (Å²) in [6, 6.07) is 8.32. The van der Waals surface area contributed by atoms with Crippen LogP contribution in [-0.4, -0.2) is 53.6 Å². The number of guanidine groups is 1. The molecule has 0 radical (unpaired) electrons. The molecule has 2 aromatic rings. The summed E-state index contributed by atoms with van der Waals surface area (Å²) in [4.78, 5) is 9.16. The molecule has 1 unspecified atom stereocenters. The highest BCUT2D eigenvalue weighted by molar-refractivity contribution is 14.0. The fourth-order valence-corrected chi connectivity index (χ4v) is 3.21. The summed E-state index contributed by atoms with van der Waals surface area (Å²) in [7, 11) is 1.66. The number of aromatic nitrogens is 3. The monoisotopic (exact) mass is 514 g/mol. The molecule has 0 saturated heterocycles. The minimum absolute atomic E-state index is 0. The van der Waals surface area contributed by atoms with Crippen LogP contribution < -0.4 is 15.4 Å². The van der Waals surface area contributed by atoms with Crippen molar-refractivity contribution in [1.82, 2.24) is 25.4 Å². The Morgan fingerprint density at radius 1 is 1.38 bits per heavy atom. The molecule has 9 heteroatoms. The summed E-state index contributed by atoms with van der Waals surface area (Å²) >= 11 is 0. The molecule has 1 aromatic carbocycles. The van der Waals surface area contributed by atoms with E-state index in [1.807, 2.05) is 22.9 Å². The second-order valence-corrected chi connectivity index (χ2v) is 6.86. The Kier molecular flexibility index (Phi) is 9.65. The van der Waals surface area contributed by atoms with Crippen LogP contribution >= 0.6 is 24.0 Å². The van der Waals surface area contributed by atoms with Crippen LogP contribution in [0.25, 0.3) is 0 Å². The Morgan fingerprint density at radius 3 is 3.00 bits per heavy atom. The van der Waals surface area contributed by atoms with Crippen molar-refractivity contribution >= 4 is 29.9 Å². The SMILES string of the molecule is CCNC(=NCCOc1cccc(C)c1)NC1CCc2nc(COC)nn2C1.I. The highest BCUT2D eigenvalue weighted by atomic mass is 127. The van der Waals surface area contributed by atoms with Crippen molar-refractivity contribution < 1.29 is 9.47 Å². The van der Waals surface area contributed by atoms with E-state index in [4.69, 9.17) is 9.47 Å². The van der Waals surface area contributed by atoms with E-state index in [0.717, 1.165) is 49.3 Å². The van der Waals surface area contributed by atoms with Gasteiger partial charge in [0.25, 0.3) is 0 Å². The van der Waals surface area contributed by atoms with Crippen molar-refractivity contribution in [1.29, 1.82) is 0 Å². The van der Waals surface area contributed by atoms with Crippen molar-refractivity contribution in [3.05, 3.63) is 41.5 Å². The zero-order valence-electron chi connectivity index (χ0n) is 17.4. The van der Waals surface area contributed by atoms with Gasteiger partial charge in [-0.05, 0) is 38.0 Å². The summed E-state index contributed by atoms with van der Waals surface area (Å²) in [5.74, 6) is 3.46. The van der Waals surface area contributed by atoms with Gasteiger partial charge in [-0.3, -0.25) is 0 Å². The maximum Gasteiger partial charge on any atom is 0.191 e. The van der Waals surface area contributed by atoms with Crippen LogP contribution in [-0.2, 0) is 24.3 Å². The van der Waals surface area contributed by atoms with Gasteiger partial charge in [-0.15, -0.1) is 24.0 Å². The van der Waals surface area contributed by atoms with Gasteiger partial charge < -0.3 is 20.1 Å². The van der Waals surface area contributed by atoms with E-state index in [0.29, 0.717) is 19.8 Å². The molecular weight excluding hydrogens is 483 g/mol. The number of aryl methyl sites for hydroxylation is 2. The molecule has 0 amide bonds. The first kappa shape index (κ1) is 23.4. The third-order valence-corrected chi connectivity index (χ3v) is 4.48. The summed E-state index contributed by atoms with van der Waals surface area (Å²) in [6.45, 7) is 7.28. The van der Waals surface area contributed by atoms with E-state index in [-0.39, 0.29) is 30.0 Å². The third kappa shape index (κ3) is 7.14. The molecule has 2 N–H and O–H groups in total. The second kappa shape index (κ2) is 12.0. The number of ether oxygens (including phenoxy) is 2. The smallest absolute Gasteiger partial charge is 0.191 e. The average molecular weight is 514 g/mol. The maximum atomic E-state index is 5.78. The number of nitrogens with one attached hydrogen (secondary N) is 2. The number of aliphatic imine (C=N–C) groups is 1. The molecule has 0 spiro atoms. The lowest BCUT2D eigenvalue weighted by atomic mass is 10.1. The summed E-state index contributed by atoms with van der Waals surface area (Å²) in [5.41, 5.74) is 1.19. The number of halogens is 1. The number of hydrogen-bond donors (Lipinski definition) is 2. The molecule has 2 heterocycles. The third-order valence-electron chi connectivity index (χ3n) is 4.48. The van der Waals surface area contributed by atoms with Gasteiger partial charge in [-0.25, -0.2) is 14.7 Å². The molecule has 160 valence electrons. The Balaban J connectivity index is 0.00000300. The van der Waals surface area contributed by atoms with Gasteiger partial charge in [0.15, 0.2) is 11.8 Å². The number of rotatable bonds is 8. The number of methoxy groups -OCH3 is 1. The van der Waals surface area contributed by atoms with E-state index in [9.17, 15) is 0 Å². The predicted octanol–water partition coefficient (Wildman–Crippen LogP) is 2.30. The molecule has 0 bridgehead atoms. The van der Waals surface area contributed by atoms with Crippen molar-refractivity contribution in [2.45, 2.75) is 45.9 Å². The Labute approximate surface area is 189 Å². The lowest BCUT2D eigenvalue weighted by Crippen LogP contribution is -2.47. The van der Waals surface area contributed by atoms with Crippen LogP contribution in [0.1, 0.15) is 30.6 Å². The van der Waals surface area contributed by atoms with E-state index in [2.05, 4.69) is 45.6 Å². The van der Waals surface area contributed by atoms with Crippen molar-refractivity contribution in [3.63, 3.8) is 0 Å². The van der Waals surface area contributed by atoms with E-state index in [1.54, 1.807) is 7.11 Å². The second-order valence-electron chi connectivity index (χ2n) is 6.86. The van der Waals surface area contributed by atoms with Gasteiger partial charge in [0.05, 0.1) is 13.1 Å². The fourth-order valence-electron chi connectivity index (χ4n) is 3.21. The summed E-state index contributed by atoms with van der Waals surface area (Å²) < 4.78 is 12.9. The van der Waals surface area contributed by atoms with Crippen molar-refractivity contribution in [2.75, 3.05) is 26.8 Å². The molecule has 0 fully saturated rings. The highest BCUT2D eigenvalue weighted by Crippen LogP contribution is 2.14. The molecule has 0 saturated carbocycles. The first-order valence-electron chi connectivity index (χ1n) is 9.83. The number of nitrogens with zero attached hydrogens (tertiary/aromatic N) is 4. The van der Waals surface area contributed by atoms with Crippen LogP contribution in [0.5, 0.6) is 5.75 Å². The van der Waals surface area contributed by atoms with Crippen molar-refractivity contribution in [2.24, 2.45) is 4.99 Å². The highest BCUT2D eigenvalue weighted by Gasteiger charge is 2.22. The Morgan fingerprint density at radius 2 is 2.24 bits per heavy atom. The van der Waals surface area contributed by atoms with E-state index < -0.39 is 0 Å². The molecule has 29 heavy (non-hydrogen) atoms. The number of fused-ring (bicyclic) bond motifs is 1. The molecule has 0 aliphatic carbocycles. The van der Waals surface area contributed by atoms with Crippen LogP contribution in [0, 0.1) is 6.92 Å². The van der Waals surface area contributed by atoms with Gasteiger partial charge in [0.2, 0.25) is 0 Å². The predicted molar refractivity (Wildman–Crippen MR) is 124 cm³/mol. The minimum atomic E-state index is 0. The van der Waals surface area contributed by atoms with Crippen LogP contribution in [0.4, 0.5) is 0 Å². The maximum absolute atomic E-state index is 5.78. The molecule has 1 atom stereocenters. The average Bonchev–Trinajstić information content (AvgIpc) is 3.07.